The first-order valence-electron chi connectivity index (χ1n) is 5.97. The molecular weight excluding hydrogens is 248 g/mol. The van der Waals surface area contributed by atoms with Gasteiger partial charge >= 0.3 is 5.97 Å². The van der Waals surface area contributed by atoms with Crippen LogP contribution >= 0.6 is 11.3 Å². The lowest BCUT2D eigenvalue weighted by molar-refractivity contribution is 0.0323. The number of thiazole rings is 1. The number of esters is 1. The van der Waals surface area contributed by atoms with Crippen LogP contribution in [0.1, 0.15) is 37.0 Å². The van der Waals surface area contributed by atoms with Crippen LogP contribution in [-0.2, 0) is 4.74 Å². The number of nitrogens with zero attached hydrogens (tertiary/aromatic N) is 1. The van der Waals surface area contributed by atoms with Gasteiger partial charge in [-0.15, -0.1) is 0 Å². The highest BCUT2D eigenvalue weighted by molar-refractivity contribution is 7.22. The first-order valence-corrected chi connectivity index (χ1v) is 6.79. The first kappa shape index (κ1) is 12.8. The van der Waals surface area contributed by atoms with E-state index in [0.717, 1.165) is 23.1 Å². The largest absolute Gasteiger partial charge is 0.459 e. The van der Waals surface area contributed by atoms with E-state index in [1.54, 1.807) is 18.2 Å². The molecule has 0 spiro atoms. The number of anilines is 1. The highest BCUT2D eigenvalue weighted by Crippen LogP contribution is 2.25. The fourth-order valence-corrected chi connectivity index (χ4v) is 2.56. The summed E-state index contributed by atoms with van der Waals surface area (Å²) in [4.78, 5) is 16.1. The van der Waals surface area contributed by atoms with Crippen molar-refractivity contribution in [3.05, 3.63) is 23.8 Å². The van der Waals surface area contributed by atoms with Crippen LogP contribution in [0.2, 0.25) is 0 Å². The molecule has 2 N–H and O–H groups in total. The van der Waals surface area contributed by atoms with Crippen LogP contribution in [0.25, 0.3) is 10.2 Å². The fraction of sp³-hybridized carbons (Fsp3) is 0.385. The van der Waals surface area contributed by atoms with E-state index in [0.29, 0.717) is 10.7 Å². The van der Waals surface area contributed by atoms with E-state index in [2.05, 4.69) is 11.9 Å². The SMILES string of the molecule is CCCC(C)OC(=O)c1ccc2nc(N)sc2c1. The van der Waals surface area contributed by atoms with Gasteiger partial charge in [-0.2, -0.15) is 0 Å². The Kier molecular flexibility index (Phi) is 3.81. The monoisotopic (exact) mass is 264 g/mol. The second kappa shape index (κ2) is 5.35. The van der Waals surface area contributed by atoms with Gasteiger partial charge < -0.3 is 10.5 Å². The normalized spacial score (nSPS) is 12.6. The average molecular weight is 264 g/mol. The van der Waals surface area contributed by atoms with E-state index in [-0.39, 0.29) is 12.1 Å². The van der Waals surface area contributed by atoms with Gasteiger partial charge in [-0.05, 0) is 31.5 Å². The van der Waals surface area contributed by atoms with E-state index < -0.39 is 0 Å². The number of nitrogens with two attached hydrogens (primary N) is 1. The van der Waals surface area contributed by atoms with Gasteiger partial charge in [0.05, 0.1) is 21.9 Å². The van der Waals surface area contributed by atoms with E-state index in [4.69, 9.17) is 10.5 Å². The topological polar surface area (TPSA) is 65.2 Å². The standard InChI is InChI=1S/C13H16N2O2S/c1-3-4-8(2)17-12(16)9-5-6-10-11(7-9)18-13(14)15-10/h5-8H,3-4H2,1-2H3,(H2,14,15). The first-order chi connectivity index (χ1) is 8.60. The summed E-state index contributed by atoms with van der Waals surface area (Å²) in [6, 6.07) is 5.30. The molecule has 0 fully saturated rings. The maximum absolute atomic E-state index is 11.9. The minimum absolute atomic E-state index is 0.0512. The molecule has 2 rings (SSSR count). The third-order valence-corrected chi connectivity index (χ3v) is 3.49. The summed E-state index contributed by atoms with van der Waals surface area (Å²) in [7, 11) is 0. The zero-order valence-corrected chi connectivity index (χ0v) is 11.3. The third kappa shape index (κ3) is 2.79. The van der Waals surface area contributed by atoms with Gasteiger partial charge in [0, 0.05) is 0 Å². The van der Waals surface area contributed by atoms with E-state index >= 15 is 0 Å². The van der Waals surface area contributed by atoms with Crippen molar-refractivity contribution in [2.75, 3.05) is 5.73 Å². The van der Waals surface area contributed by atoms with Gasteiger partial charge in [0.25, 0.3) is 0 Å². The number of carbonyl (C=O) groups is 1. The lowest BCUT2D eigenvalue weighted by atomic mass is 10.2. The minimum Gasteiger partial charge on any atom is -0.459 e. The quantitative estimate of drug-likeness (QED) is 0.861. The smallest absolute Gasteiger partial charge is 0.338 e. The second-order valence-corrected chi connectivity index (χ2v) is 5.30. The maximum Gasteiger partial charge on any atom is 0.338 e. The van der Waals surface area contributed by atoms with Gasteiger partial charge in [0.15, 0.2) is 5.13 Å². The summed E-state index contributed by atoms with van der Waals surface area (Å²) in [6.45, 7) is 3.97. The molecule has 0 saturated heterocycles. The zero-order chi connectivity index (χ0) is 13.1. The van der Waals surface area contributed by atoms with Crippen LogP contribution in [0.5, 0.6) is 0 Å². The summed E-state index contributed by atoms with van der Waals surface area (Å²) in [6.07, 6.45) is 1.82. The molecule has 0 amide bonds. The molecular formula is C13H16N2O2S. The van der Waals surface area contributed by atoms with Gasteiger partial charge in [-0.25, -0.2) is 9.78 Å². The summed E-state index contributed by atoms with van der Waals surface area (Å²) < 4.78 is 6.25. The van der Waals surface area contributed by atoms with Crippen molar-refractivity contribution in [2.24, 2.45) is 0 Å². The Bertz CT molecular complexity index is 565. The van der Waals surface area contributed by atoms with E-state index in [1.807, 2.05) is 6.92 Å². The molecule has 1 aromatic carbocycles. The summed E-state index contributed by atoms with van der Waals surface area (Å²) >= 11 is 1.37. The van der Waals surface area contributed by atoms with Gasteiger partial charge in [-0.3, -0.25) is 0 Å². The molecule has 0 saturated carbocycles. The van der Waals surface area contributed by atoms with Crippen LogP contribution < -0.4 is 5.73 Å². The summed E-state index contributed by atoms with van der Waals surface area (Å²) in [5.74, 6) is -0.287. The Balaban J connectivity index is 2.17. The number of aromatic nitrogens is 1. The molecule has 1 unspecified atom stereocenters. The Morgan fingerprint density at radius 1 is 1.56 bits per heavy atom. The third-order valence-electron chi connectivity index (χ3n) is 2.64. The Morgan fingerprint density at radius 2 is 2.33 bits per heavy atom. The van der Waals surface area contributed by atoms with Crippen molar-refractivity contribution >= 4 is 32.7 Å². The molecule has 1 heterocycles. The predicted molar refractivity (Wildman–Crippen MR) is 73.8 cm³/mol. The van der Waals surface area contributed by atoms with Crippen LogP contribution in [0.4, 0.5) is 5.13 Å². The Labute approximate surface area is 110 Å². The summed E-state index contributed by atoms with van der Waals surface area (Å²) in [5.41, 5.74) is 6.99. The highest BCUT2D eigenvalue weighted by Gasteiger charge is 2.13. The second-order valence-electron chi connectivity index (χ2n) is 4.24. The molecule has 0 bridgehead atoms. The Hall–Kier alpha value is -1.62. The molecule has 1 atom stereocenters. The highest BCUT2D eigenvalue weighted by atomic mass is 32.1. The molecule has 4 nitrogen and oxygen atoms in total. The maximum atomic E-state index is 11.9. The van der Waals surface area contributed by atoms with Crippen LogP contribution in [0, 0.1) is 0 Å². The number of ether oxygens (including phenoxy) is 1. The molecule has 5 heteroatoms. The Morgan fingerprint density at radius 3 is 3.06 bits per heavy atom. The lowest BCUT2D eigenvalue weighted by Crippen LogP contribution is -2.14. The van der Waals surface area contributed by atoms with Crippen molar-refractivity contribution in [2.45, 2.75) is 32.8 Å². The summed E-state index contributed by atoms with van der Waals surface area (Å²) in [5, 5.41) is 0.509. The number of nitrogen functional groups attached to an aromatic ring is 1. The molecule has 0 radical (unpaired) electrons. The van der Waals surface area contributed by atoms with Crippen molar-refractivity contribution in [3.63, 3.8) is 0 Å². The average Bonchev–Trinajstić information content (AvgIpc) is 2.68. The minimum atomic E-state index is -0.287. The number of hydrogen-bond donors (Lipinski definition) is 1. The number of benzene rings is 1. The van der Waals surface area contributed by atoms with E-state index in [1.165, 1.54) is 11.3 Å². The van der Waals surface area contributed by atoms with Gasteiger partial charge in [-0.1, -0.05) is 24.7 Å². The van der Waals surface area contributed by atoms with Crippen LogP contribution in [-0.4, -0.2) is 17.1 Å². The van der Waals surface area contributed by atoms with Crippen molar-refractivity contribution in [1.29, 1.82) is 0 Å². The lowest BCUT2D eigenvalue weighted by Gasteiger charge is -2.11. The molecule has 2 aromatic rings. The zero-order valence-electron chi connectivity index (χ0n) is 10.5. The number of fused-ring (bicyclic) bond motifs is 1. The number of rotatable bonds is 4. The molecule has 0 aliphatic heterocycles. The van der Waals surface area contributed by atoms with Crippen molar-refractivity contribution in [1.82, 2.24) is 4.98 Å². The van der Waals surface area contributed by atoms with E-state index in [9.17, 15) is 4.79 Å². The number of hydrogen-bond acceptors (Lipinski definition) is 5. The molecule has 0 aliphatic carbocycles. The van der Waals surface area contributed by atoms with Gasteiger partial charge in [0.1, 0.15) is 0 Å². The van der Waals surface area contributed by atoms with Crippen LogP contribution in [0.3, 0.4) is 0 Å². The molecule has 0 aliphatic rings. The number of carbonyl (C=O) groups excluding carboxylic acids is 1. The van der Waals surface area contributed by atoms with Crippen LogP contribution in [0.15, 0.2) is 18.2 Å². The molecule has 1 aromatic heterocycles. The van der Waals surface area contributed by atoms with Gasteiger partial charge in [0.2, 0.25) is 0 Å². The van der Waals surface area contributed by atoms with Crippen molar-refractivity contribution < 1.29 is 9.53 Å². The fourth-order valence-electron chi connectivity index (χ4n) is 1.79. The molecule has 18 heavy (non-hydrogen) atoms. The predicted octanol–water partition coefficient (Wildman–Crippen LogP) is 3.22. The molecule has 96 valence electrons. The van der Waals surface area contributed by atoms with Crippen molar-refractivity contribution in [3.8, 4) is 0 Å².